The maximum absolute atomic E-state index is 13.0. The van der Waals surface area contributed by atoms with Crippen molar-refractivity contribution in [2.24, 2.45) is 0 Å². The van der Waals surface area contributed by atoms with Gasteiger partial charge in [0, 0.05) is 35.9 Å². The molecule has 2 heterocycles. The van der Waals surface area contributed by atoms with Gasteiger partial charge in [0.05, 0.1) is 5.75 Å². The molecule has 0 aliphatic carbocycles. The molecule has 0 saturated carbocycles. The number of thioether (sulfide) groups is 1. The highest BCUT2D eigenvalue weighted by atomic mass is 32.2. The molecule has 0 radical (unpaired) electrons. The molecule has 0 atom stereocenters. The number of hydrogen-bond acceptors (Lipinski definition) is 5. The quantitative estimate of drug-likeness (QED) is 0.357. The fourth-order valence-corrected chi connectivity index (χ4v) is 4.31. The average Bonchev–Trinajstić information content (AvgIpc) is 3.28. The topological polar surface area (TPSA) is 63.9 Å². The van der Waals surface area contributed by atoms with E-state index in [1.165, 1.54) is 17.3 Å². The van der Waals surface area contributed by atoms with Crippen LogP contribution in [0, 0.1) is 0 Å². The molecule has 32 heavy (non-hydrogen) atoms. The molecule has 2 aromatic carbocycles. The lowest BCUT2D eigenvalue weighted by atomic mass is 10.1. The van der Waals surface area contributed by atoms with E-state index >= 15 is 0 Å². The summed E-state index contributed by atoms with van der Waals surface area (Å²) >= 11 is 1.40. The molecule has 0 spiro atoms. The molecule has 0 fully saturated rings. The molecule has 1 amide bonds. The van der Waals surface area contributed by atoms with Crippen LogP contribution in [0.15, 0.2) is 84.3 Å². The number of aryl methyl sites for hydroxylation is 1. The van der Waals surface area contributed by atoms with E-state index in [9.17, 15) is 4.79 Å². The van der Waals surface area contributed by atoms with Crippen molar-refractivity contribution in [2.45, 2.75) is 25.4 Å². The van der Waals surface area contributed by atoms with Gasteiger partial charge in [-0.2, -0.15) is 0 Å². The van der Waals surface area contributed by atoms with Gasteiger partial charge in [-0.05, 0) is 55.3 Å². The Morgan fingerprint density at radius 3 is 2.31 bits per heavy atom. The standard InChI is InChI=1S/C25H25N5OS/c1-3-19-10-12-22(13-11-19)30-24(20-14-16-26-17-15-20)27-28-25(30)32-18-23(31)29(4-2)21-8-6-5-7-9-21/h5-17H,3-4,18H2,1-2H3. The predicted molar refractivity (Wildman–Crippen MR) is 129 cm³/mol. The van der Waals surface area contributed by atoms with Crippen molar-refractivity contribution < 1.29 is 4.79 Å². The zero-order valence-corrected chi connectivity index (χ0v) is 19.0. The summed E-state index contributed by atoms with van der Waals surface area (Å²) in [5, 5.41) is 9.55. The maximum atomic E-state index is 13.0. The first-order valence-electron chi connectivity index (χ1n) is 10.6. The molecule has 0 bridgehead atoms. The van der Waals surface area contributed by atoms with E-state index in [0.29, 0.717) is 11.7 Å². The van der Waals surface area contributed by atoms with Gasteiger partial charge in [0.15, 0.2) is 11.0 Å². The van der Waals surface area contributed by atoms with Crippen molar-refractivity contribution >= 4 is 23.4 Å². The van der Waals surface area contributed by atoms with Gasteiger partial charge in [-0.15, -0.1) is 10.2 Å². The molecule has 0 N–H and O–H groups in total. The van der Waals surface area contributed by atoms with Gasteiger partial charge in [0.1, 0.15) is 0 Å². The minimum absolute atomic E-state index is 0.0324. The molecule has 2 aromatic heterocycles. The van der Waals surface area contributed by atoms with Gasteiger partial charge in [0.25, 0.3) is 0 Å². The number of amides is 1. The third-order valence-electron chi connectivity index (χ3n) is 5.18. The highest BCUT2D eigenvalue weighted by Gasteiger charge is 2.19. The third kappa shape index (κ3) is 4.73. The Morgan fingerprint density at radius 2 is 1.66 bits per heavy atom. The van der Waals surface area contributed by atoms with Crippen LogP contribution >= 0.6 is 11.8 Å². The maximum Gasteiger partial charge on any atom is 0.237 e. The number of nitrogens with zero attached hydrogens (tertiary/aromatic N) is 5. The van der Waals surface area contributed by atoms with Crippen LogP contribution < -0.4 is 4.90 Å². The van der Waals surface area contributed by atoms with Crippen LogP contribution in [-0.2, 0) is 11.2 Å². The van der Waals surface area contributed by atoms with Crippen LogP contribution in [0.3, 0.4) is 0 Å². The van der Waals surface area contributed by atoms with E-state index in [1.807, 2.05) is 54.0 Å². The van der Waals surface area contributed by atoms with Gasteiger partial charge < -0.3 is 4.90 Å². The summed E-state index contributed by atoms with van der Waals surface area (Å²) in [5.74, 6) is 1.02. The lowest BCUT2D eigenvalue weighted by Crippen LogP contribution is -2.32. The van der Waals surface area contributed by atoms with Gasteiger partial charge in [-0.3, -0.25) is 14.3 Å². The number of rotatable bonds is 8. The summed E-state index contributed by atoms with van der Waals surface area (Å²) < 4.78 is 2.01. The average molecular weight is 444 g/mol. The number of hydrogen-bond donors (Lipinski definition) is 0. The molecule has 4 rings (SSSR count). The first-order valence-corrected chi connectivity index (χ1v) is 11.6. The van der Waals surface area contributed by atoms with Gasteiger partial charge in [-0.1, -0.05) is 49.0 Å². The van der Waals surface area contributed by atoms with Crippen LogP contribution in [0.4, 0.5) is 5.69 Å². The van der Waals surface area contributed by atoms with E-state index in [1.54, 1.807) is 17.3 Å². The number of carbonyl (C=O) groups is 1. The normalized spacial score (nSPS) is 10.8. The monoisotopic (exact) mass is 443 g/mol. The molecule has 0 unspecified atom stereocenters. The van der Waals surface area contributed by atoms with Crippen LogP contribution in [0.25, 0.3) is 17.1 Å². The Kier molecular flexibility index (Phi) is 6.97. The van der Waals surface area contributed by atoms with E-state index in [0.717, 1.165) is 29.2 Å². The number of carbonyl (C=O) groups excluding carboxylic acids is 1. The predicted octanol–water partition coefficient (Wildman–Crippen LogP) is 5.04. The highest BCUT2D eigenvalue weighted by molar-refractivity contribution is 7.99. The third-order valence-corrected chi connectivity index (χ3v) is 6.10. The van der Waals surface area contributed by atoms with Crippen molar-refractivity contribution in [2.75, 3.05) is 17.2 Å². The molecular formula is C25H25N5OS. The molecule has 7 heteroatoms. The van der Waals surface area contributed by atoms with Crippen LogP contribution in [0.2, 0.25) is 0 Å². The number of para-hydroxylation sites is 1. The van der Waals surface area contributed by atoms with Crippen molar-refractivity contribution in [1.29, 1.82) is 0 Å². The molecule has 0 aliphatic heterocycles. The summed E-state index contributed by atoms with van der Waals surface area (Å²) in [5.41, 5.74) is 4.04. The lowest BCUT2D eigenvalue weighted by molar-refractivity contribution is -0.116. The van der Waals surface area contributed by atoms with Gasteiger partial charge >= 0.3 is 0 Å². The molecule has 6 nitrogen and oxygen atoms in total. The summed E-state index contributed by atoms with van der Waals surface area (Å²) in [6, 6.07) is 21.9. The first-order chi connectivity index (χ1) is 15.7. The fraction of sp³-hybridized carbons (Fsp3) is 0.200. The van der Waals surface area contributed by atoms with Gasteiger partial charge in [0.2, 0.25) is 5.91 Å². The zero-order chi connectivity index (χ0) is 22.3. The van der Waals surface area contributed by atoms with E-state index in [2.05, 4.69) is 46.4 Å². The molecule has 0 saturated heterocycles. The molecule has 0 aliphatic rings. The zero-order valence-electron chi connectivity index (χ0n) is 18.2. The van der Waals surface area contributed by atoms with Gasteiger partial charge in [-0.25, -0.2) is 0 Å². The Balaban J connectivity index is 1.63. The smallest absolute Gasteiger partial charge is 0.237 e. The largest absolute Gasteiger partial charge is 0.312 e. The molecular weight excluding hydrogens is 418 g/mol. The van der Waals surface area contributed by atoms with E-state index in [4.69, 9.17) is 0 Å². The Labute approximate surface area is 192 Å². The summed E-state index contributed by atoms with van der Waals surface area (Å²) in [6.45, 7) is 4.72. The summed E-state index contributed by atoms with van der Waals surface area (Å²) in [4.78, 5) is 18.9. The summed E-state index contributed by atoms with van der Waals surface area (Å²) in [7, 11) is 0. The van der Waals surface area contributed by atoms with Crippen molar-refractivity contribution in [1.82, 2.24) is 19.7 Å². The Hall–Kier alpha value is -3.45. The second-order valence-electron chi connectivity index (χ2n) is 7.16. The molecule has 4 aromatic rings. The number of anilines is 1. The second kappa shape index (κ2) is 10.2. The van der Waals surface area contributed by atoms with E-state index < -0.39 is 0 Å². The van der Waals surface area contributed by atoms with Crippen molar-refractivity contribution in [3.8, 4) is 17.1 Å². The highest BCUT2D eigenvalue weighted by Crippen LogP contribution is 2.28. The number of aromatic nitrogens is 4. The van der Waals surface area contributed by atoms with Crippen molar-refractivity contribution in [3.05, 3.63) is 84.7 Å². The second-order valence-corrected chi connectivity index (χ2v) is 8.10. The minimum atomic E-state index is 0.0324. The van der Waals surface area contributed by atoms with Crippen LogP contribution in [0.5, 0.6) is 0 Å². The fourth-order valence-electron chi connectivity index (χ4n) is 3.48. The van der Waals surface area contributed by atoms with Crippen LogP contribution in [0.1, 0.15) is 19.4 Å². The number of benzene rings is 2. The lowest BCUT2D eigenvalue weighted by Gasteiger charge is -2.20. The molecule has 162 valence electrons. The summed E-state index contributed by atoms with van der Waals surface area (Å²) in [6.07, 6.45) is 4.45. The van der Waals surface area contributed by atoms with Crippen molar-refractivity contribution in [3.63, 3.8) is 0 Å². The Morgan fingerprint density at radius 1 is 0.938 bits per heavy atom. The minimum Gasteiger partial charge on any atom is -0.312 e. The van der Waals surface area contributed by atoms with Crippen LogP contribution in [-0.4, -0.2) is 38.0 Å². The number of pyridine rings is 1. The first kappa shape index (κ1) is 21.8. The Bertz CT molecular complexity index is 1160. The van der Waals surface area contributed by atoms with E-state index in [-0.39, 0.29) is 11.7 Å². The SMILES string of the molecule is CCc1ccc(-n2c(SCC(=O)N(CC)c3ccccc3)nnc2-c2ccncc2)cc1.